The molecule has 1 saturated heterocycles. The Kier molecular flexibility index (Phi) is 3.25. The highest BCUT2D eigenvalue weighted by Gasteiger charge is 2.34. The largest absolute Gasteiger partial charge is 0.338 e. The Morgan fingerprint density at radius 2 is 2.15 bits per heavy atom. The molecule has 0 spiro atoms. The second kappa shape index (κ2) is 4.05. The number of amides is 1. The predicted octanol–water partition coefficient (Wildman–Crippen LogP) is 0.411. The van der Waals surface area contributed by atoms with E-state index in [-0.39, 0.29) is 24.4 Å². The van der Waals surface area contributed by atoms with Gasteiger partial charge in [0.25, 0.3) is 0 Å². The molecule has 0 bridgehead atoms. The first-order valence-electron chi connectivity index (χ1n) is 4.66. The van der Waals surface area contributed by atoms with Crippen molar-refractivity contribution in [1.82, 2.24) is 10.2 Å². The summed E-state index contributed by atoms with van der Waals surface area (Å²) in [4.78, 5) is 13.1. The molecule has 0 saturated carbocycles. The molecular weight excluding hydrogens is 171 g/mol. The van der Waals surface area contributed by atoms with E-state index in [1.54, 1.807) is 11.9 Å². The van der Waals surface area contributed by atoms with Crippen molar-refractivity contribution in [2.45, 2.75) is 26.1 Å². The van der Waals surface area contributed by atoms with Gasteiger partial charge in [0.1, 0.15) is 6.17 Å². The van der Waals surface area contributed by atoms with Crippen molar-refractivity contribution < 1.29 is 9.18 Å². The average molecular weight is 188 g/mol. The van der Waals surface area contributed by atoms with Crippen LogP contribution in [0.3, 0.4) is 0 Å². The number of nitrogens with zero attached hydrogens (tertiary/aromatic N) is 1. The van der Waals surface area contributed by atoms with Crippen LogP contribution in [0.2, 0.25) is 0 Å². The zero-order chi connectivity index (χ0) is 10.0. The van der Waals surface area contributed by atoms with Crippen LogP contribution in [-0.2, 0) is 4.79 Å². The number of carbonyl (C=O) groups excluding carboxylic acids is 1. The molecular formula is C9H17FN2O. The Labute approximate surface area is 78.3 Å². The lowest BCUT2D eigenvalue weighted by Gasteiger charge is -2.17. The van der Waals surface area contributed by atoms with Crippen LogP contribution in [0.4, 0.5) is 4.39 Å². The molecule has 0 unspecified atom stereocenters. The lowest BCUT2D eigenvalue weighted by atomic mass is 10.2. The maximum atomic E-state index is 13.2. The van der Waals surface area contributed by atoms with E-state index in [0.29, 0.717) is 6.54 Å². The molecule has 0 radical (unpaired) electrons. The number of carbonyl (C=O) groups is 1. The molecule has 1 rings (SSSR count). The molecule has 1 heterocycles. The number of halogens is 1. The molecule has 76 valence electrons. The molecule has 1 aliphatic rings. The third-order valence-corrected chi connectivity index (χ3v) is 2.42. The van der Waals surface area contributed by atoms with Crippen molar-refractivity contribution in [3.8, 4) is 0 Å². The van der Waals surface area contributed by atoms with Gasteiger partial charge in [-0.2, -0.15) is 0 Å². The van der Waals surface area contributed by atoms with Crippen molar-refractivity contribution in [2.24, 2.45) is 5.92 Å². The quantitative estimate of drug-likeness (QED) is 0.680. The molecule has 1 aliphatic heterocycles. The summed E-state index contributed by atoms with van der Waals surface area (Å²) in [7, 11) is 1.72. The molecule has 1 N–H and O–H groups in total. The van der Waals surface area contributed by atoms with Crippen molar-refractivity contribution in [3.05, 3.63) is 0 Å². The smallest absolute Gasteiger partial charge is 0.225 e. The summed E-state index contributed by atoms with van der Waals surface area (Å²) in [6.45, 7) is 4.40. The highest BCUT2D eigenvalue weighted by Crippen LogP contribution is 2.15. The second-order valence-electron chi connectivity index (χ2n) is 3.81. The van der Waals surface area contributed by atoms with Gasteiger partial charge in [-0.3, -0.25) is 4.79 Å². The van der Waals surface area contributed by atoms with Crippen molar-refractivity contribution in [2.75, 3.05) is 20.1 Å². The fraction of sp³-hybridized carbons (Fsp3) is 0.889. The molecule has 0 aromatic carbocycles. The number of likely N-dealkylation sites (tertiary alicyclic amines) is 1. The Morgan fingerprint density at radius 3 is 2.54 bits per heavy atom. The molecule has 4 heteroatoms. The van der Waals surface area contributed by atoms with Gasteiger partial charge in [-0.1, -0.05) is 13.8 Å². The van der Waals surface area contributed by atoms with Gasteiger partial charge in [-0.15, -0.1) is 0 Å². The highest BCUT2D eigenvalue weighted by molar-refractivity contribution is 5.78. The van der Waals surface area contributed by atoms with E-state index in [0.717, 1.165) is 0 Å². The lowest BCUT2D eigenvalue weighted by Crippen LogP contribution is -2.36. The third kappa shape index (κ3) is 2.18. The Morgan fingerprint density at radius 1 is 1.54 bits per heavy atom. The normalized spacial score (nSPS) is 28.5. The van der Waals surface area contributed by atoms with Gasteiger partial charge in [0.05, 0.1) is 12.6 Å². The average Bonchev–Trinajstić information content (AvgIpc) is 2.45. The van der Waals surface area contributed by atoms with Crippen molar-refractivity contribution >= 4 is 5.91 Å². The number of alkyl halides is 1. The van der Waals surface area contributed by atoms with Gasteiger partial charge in [-0.25, -0.2) is 4.39 Å². The monoisotopic (exact) mass is 188 g/mol. The molecule has 1 fully saturated rings. The number of hydrogen-bond donors (Lipinski definition) is 1. The Bertz CT molecular complexity index is 196. The zero-order valence-electron chi connectivity index (χ0n) is 8.38. The minimum Gasteiger partial charge on any atom is -0.338 e. The molecule has 13 heavy (non-hydrogen) atoms. The molecule has 0 aromatic heterocycles. The maximum Gasteiger partial charge on any atom is 0.225 e. The highest BCUT2D eigenvalue weighted by atomic mass is 19.1. The van der Waals surface area contributed by atoms with Crippen LogP contribution in [0.25, 0.3) is 0 Å². The van der Waals surface area contributed by atoms with Crippen LogP contribution in [0.15, 0.2) is 0 Å². The minimum atomic E-state index is -0.923. The lowest BCUT2D eigenvalue weighted by molar-refractivity contribution is -0.133. The molecule has 0 aliphatic carbocycles. The predicted molar refractivity (Wildman–Crippen MR) is 49.2 cm³/mol. The van der Waals surface area contributed by atoms with Crippen LogP contribution >= 0.6 is 0 Å². The zero-order valence-corrected chi connectivity index (χ0v) is 8.38. The van der Waals surface area contributed by atoms with E-state index in [9.17, 15) is 9.18 Å². The Balaban J connectivity index is 2.53. The standard InChI is InChI=1S/C9H17FN2O/c1-6(2)9(13)12-4-7(10)8(5-12)11-3/h6-8,11H,4-5H2,1-3H3/t7-,8+/m0/s1. The fourth-order valence-electron chi connectivity index (χ4n) is 1.58. The third-order valence-electron chi connectivity index (χ3n) is 2.42. The van der Waals surface area contributed by atoms with E-state index in [4.69, 9.17) is 0 Å². The summed E-state index contributed by atoms with van der Waals surface area (Å²) in [6.07, 6.45) is -0.923. The van der Waals surface area contributed by atoms with Gasteiger partial charge in [0, 0.05) is 12.5 Å². The summed E-state index contributed by atoms with van der Waals surface area (Å²) in [5.74, 6) is 0.00297. The van der Waals surface area contributed by atoms with E-state index in [1.165, 1.54) is 0 Å². The molecule has 0 aromatic rings. The number of hydrogen-bond acceptors (Lipinski definition) is 2. The summed E-state index contributed by atoms with van der Waals surface area (Å²) in [5, 5.41) is 2.87. The first kappa shape index (κ1) is 10.4. The van der Waals surface area contributed by atoms with Crippen molar-refractivity contribution in [1.29, 1.82) is 0 Å². The van der Waals surface area contributed by atoms with Gasteiger partial charge < -0.3 is 10.2 Å². The van der Waals surface area contributed by atoms with Crippen LogP contribution in [0, 0.1) is 5.92 Å². The van der Waals surface area contributed by atoms with Crippen LogP contribution in [-0.4, -0.2) is 43.2 Å². The summed E-state index contributed by atoms with van der Waals surface area (Å²) >= 11 is 0. The topological polar surface area (TPSA) is 32.3 Å². The van der Waals surface area contributed by atoms with Gasteiger partial charge >= 0.3 is 0 Å². The Hall–Kier alpha value is -0.640. The van der Waals surface area contributed by atoms with Crippen LogP contribution < -0.4 is 5.32 Å². The summed E-state index contributed by atoms with van der Waals surface area (Å²) in [6, 6.07) is -0.192. The van der Waals surface area contributed by atoms with Crippen molar-refractivity contribution in [3.63, 3.8) is 0 Å². The second-order valence-corrected chi connectivity index (χ2v) is 3.81. The molecule has 2 atom stereocenters. The van der Waals surface area contributed by atoms with E-state index in [2.05, 4.69) is 5.32 Å². The van der Waals surface area contributed by atoms with E-state index < -0.39 is 6.17 Å². The van der Waals surface area contributed by atoms with Crippen LogP contribution in [0.5, 0.6) is 0 Å². The number of likely N-dealkylation sites (N-methyl/N-ethyl adjacent to an activating group) is 1. The maximum absolute atomic E-state index is 13.2. The first-order chi connectivity index (χ1) is 6.06. The molecule has 3 nitrogen and oxygen atoms in total. The first-order valence-corrected chi connectivity index (χ1v) is 4.66. The van der Waals surface area contributed by atoms with E-state index >= 15 is 0 Å². The SMILES string of the molecule is CN[C@@H]1CN(C(=O)C(C)C)C[C@@H]1F. The fourth-order valence-corrected chi connectivity index (χ4v) is 1.58. The number of nitrogens with one attached hydrogen (secondary N) is 1. The summed E-state index contributed by atoms with van der Waals surface area (Å²) < 4.78 is 13.2. The van der Waals surface area contributed by atoms with Gasteiger partial charge in [0.2, 0.25) is 5.91 Å². The number of rotatable bonds is 2. The van der Waals surface area contributed by atoms with Gasteiger partial charge in [-0.05, 0) is 7.05 Å². The van der Waals surface area contributed by atoms with E-state index in [1.807, 2.05) is 13.8 Å². The summed E-state index contributed by atoms with van der Waals surface area (Å²) in [5.41, 5.74) is 0. The van der Waals surface area contributed by atoms with Crippen LogP contribution in [0.1, 0.15) is 13.8 Å². The van der Waals surface area contributed by atoms with Gasteiger partial charge in [0.15, 0.2) is 0 Å². The molecule has 1 amide bonds. The minimum absolute atomic E-state index is 0.0391.